The van der Waals surface area contributed by atoms with Crippen LogP contribution in [0.25, 0.3) is 0 Å². The molecule has 4 fully saturated rings. The Labute approximate surface area is 221 Å². The predicted molar refractivity (Wildman–Crippen MR) is 128 cm³/mol. The first kappa shape index (κ1) is 25.7. The number of hydrogen-bond donors (Lipinski definition) is 0. The number of fused-ring (bicyclic) bond motifs is 4. The molecule has 4 aliphatic carbocycles. The predicted octanol–water partition coefficient (Wildman–Crippen LogP) is 4.60. The largest absolute Gasteiger partial charge is 2.00 e. The zero-order valence-electron chi connectivity index (χ0n) is 19.7. The van der Waals surface area contributed by atoms with Crippen LogP contribution < -0.4 is 10.2 Å². The molecule has 0 aromatic heterocycles. The van der Waals surface area contributed by atoms with Gasteiger partial charge in [0.25, 0.3) is 0 Å². The molecule has 4 saturated carbocycles. The van der Waals surface area contributed by atoms with Gasteiger partial charge in [0.05, 0.1) is 12.4 Å². The second-order valence-electron chi connectivity index (χ2n) is 10.2. The summed E-state index contributed by atoms with van der Waals surface area (Å²) >= 11 is 0. The molecule has 7 heteroatoms. The summed E-state index contributed by atoms with van der Waals surface area (Å²) in [5.74, 6) is 3.08. The van der Waals surface area contributed by atoms with E-state index in [0.29, 0.717) is 23.0 Å². The minimum absolute atomic E-state index is 0. The van der Waals surface area contributed by atoms with E-state index in [9.17, 15) is 10.2 Å². The summed E-state index contributed by atoms with van der Waals surface area (Å²) in [5.41, 5.74) is 1.19. The Kier molecular flexibility index (Phi) is 8.86. The molecule has 2 aromatic carbocycles. The molecule has 188 valence electrons. The first-order valence-electron chi connectivity index (χ1n) is 12.6. The molecule has 0 heterocycles. The second-order valence-corrected chi connectivity index (χ2v) is 10.2. The Bertz CT molecular complexity index is 948. The third-order valence-corrected chi connectivity index (χ3v) is 7.96. The Balaban J connectivity index is 0.000000160. The van der Waals surface area contributed by atoms with Crippen molar-refractivity contribution < 1.29 is 40.3 Å². The van der Waals surface area contributed by atoms with Crippen molar-refractivity contribution in [2.24, 2.45) is 34.0 Å². The van der Waals surface area contributed by atoms with Gasteiger partial charge in [-0.15, -0.1) is 0 Å². The maximum absolute atomic E-state index is 11.4. The summed E-state index contributed by atoms with van der Waals surface area (Å²) in [5, 5.41) is 30.8. The summed E-state index contributed by atoms with van der Waals surface area (Å²) in [6.45, 7) is 0. The molecule has 0 aliphatic heterocycles. The van der Waals surface area contributed by atoms with Gasteiger partial charge in [-0.05, 0) is 86.2 Å². The normalized spacial score (nSPS) is 30.3. The van der Waals surface area contributed by atoms with Gasteiger partial charge in [0.2, 0.25) is 0 Å². The van der Waals surface area contributed by atoms with Crippen molar-refractivity contribution in [2.45, 2.75) is 63.6 Å². The van der Waals surface area contributed by atoms with Gasteiger partial charge in [0.15, 0.2) is 0 Å². The standard InChI is InChI=1S/2C14H17NO2.Pd/c2*16-13-4-2-1-3-12(13)9-15-17-14-8-10-5-6-11(14)7-10;/h2*1-4,9-11,14,16H,5-8H2;/q;;+2/p-2/b2*15-9+;/t2*10-,11+,14+;/m11./s1. The monoisotopic (exact) mass is 566 g/mol. The molecule has 0 N–H and O–H groups in total. The molecule has 0 radical (unpaired) electrons. The molecular formula is C28H32N2O4Pd. The molecule has 4 bridgehead atoms. The van der Waals surface area contributed by atoms with Crippen molar-refractivity contribution in [1.29, 1.82) is 0 Å². The first-order valence-corrected chi connectivity index (χ1v) is 12.6. The van der Waals surface area contributed by atoms with Crippen LogP contribution in [0.5, 0.6) is 11.5 Å². The Morgan fingerprint density at radius 2 is 1.06 bits per heavy atom. The first-order chi connectivity index (χ1) is 16.7. The number of benzene rings is 2. The summed E-state index contributed by atoms with van der Waals surface area (Å²) in [6, 6.07) is 13.7. The van der Waals surface area contributed by atoms with Gasteiger partial charge in [0, 0.05) is 0 Å². The number of hydrogen-bond acceptors (Lipinski definition) is 6. The van der Waals surface area contributed by atoms with Crippen molar-refractivity contribution in [3.05, 3.63) is 59.7 Å². The Morgan fingerprint density at radius 1 is 0.629 bits per heavy atom. The molecule has 6 nitrogen and oxygen atoms in total. The third-order valence-electron chi connectivity index (χ3n) is 7.96. The van der Waals surface area contributed by atoms with Gasteiger partial charge in [-0.1, -0.05) is 70.3 Å². The van der Waals surface area contributed by atoms with Crippen LogP contribution in [-0.4, -0.2) is 24.6 Å². The molecule has 6 rings (SSSR count). The summed E-state index contributed by atoms with van der Waals surface area (Å²) in [6.07, 6.45) is 13.8. The number of para-hydroxylation sites is 2. The topological polar surface area (TPSA) is 89.3 Å². The van der Waals surface area contributed by atoms with Gasteiger partial charge in [-0.2, -0.15) is 0 Å². The van der Waals surface area contributed by atoms with Crippen molar-refractivity contribution in [1.82, 2.24) is 0 Å². The van der Waals surface area contributed by atoms with E-state index in [1.807, 2.05) is 12.1 Å². The van der Waals surface area contributed by atoms with Crippen LogP contribution in [-0.2, 0) is 30.1 Å². The Morgan fingerprint density at radius 3 is 1.40 bits per heavy atom. The minimum atomic E-state index is -0.00667. The zero-order valence-corrected chi connectivity index (χ0v) is 21.3. The van der Waals surface area contributed by atoms with Crippen molar-refractivity contribution in [3.63, 3.8) is 0 Å². The van der Waals surface area contributed by atoms with Crippen LogP contribution in [0, 0.1) is 23.7 Å². The van der Waals surface area contributed by atoms with E-state index in [2.05, 4.69) is 10.3 Å². The van der Waals surface area contributed by atoms with Crippen LogP contribution >= 0.6 is 0 Å². The average Bonchev–Trinajstić information content (AvgIpc) is 3.65. The van der Waals surface area contributed by atoms with Crippen LogP contribution in [0.15, 0.2) is 58.8 Å². The van der Waals surface area contributed by atoms with Crippen LogP contribution in [0.3, 0.4) is 0 Å². The van der Waals surface area contributed by atoms with Gasteiger partial charge < -0.3 is 19.9 Å². The number of nitrogens with zero attached hydrogens (tertiary/aromatic N) is 2. The number of rotatable bonds is 6. The minimum Gasteiger partial charge on any atom is -0.872 e. The van der Waals surface area contributed by atoms with Crippen LogP contribution in [0.4, 0.5) is 0 Å². The van der Waals surface area contributed by atoms with Crippen molar-refractivity contribution in [2.75, 3.05) is 0 Å². The third kappa shape index (κ3) is 6.45. The second kappa shape index (κ2) is 12.1. The maximum atomic E-state index is 11.4. The average molecular weight is 567 g/mol. The van der Waals surface area contributed by atoms with Crippen LogP contribution in [0.1, 0.15) is 62.5 Å². The van der Waals surface area contributed by atoms with E-state index in [0.717, 1.165) is 24.7 Å². The molecule has 4 aliphatic rings. The summed E-state index contributed by atoms with van der Waals surface area (Å²) in [4.78, 5) is 11.1. The summed E-state index contributed by atoms with van der Waals surface area (Å²) in [7, 11) is 0. The van der Waals surface area contributed by atoms with E-state index < -0.39 is 0 Å². The van der Waals surface area contributed by atoms with E-state index in [4.69, 9.17) is 9.68 Å². The van der Waals surface area contributed by atoms with E-state index in [1.165, 1.54) is 51.0 Å². The van der Waals surface area contributed by atoms with E-state index in [-0.39, 0.29) is 44.1 Å². The molecule has 0 unspecified atom stereocenters. The maximum Gasteiger partial charge on any atom is 2.00 e. The molecule has 2 aromatic rings. The fraction of sp³-hybridized carbons (Fsp3) is 0.500. The zero-order chi connectivity index (χ0) is 23.3. The fourth-order valence-corrected chi connectivity index (χ4v) is 6.14. The smallest absolute Gasteiger partial charge is 0.872 e. The molecule has 0 spiro atoms. The fourth-order valence-electron chi connectivity index (χ4n) is 6.14. The quantitative estimate of drug-likeness (QED) is 0.290. The number of oxime groups is 2. The van der Waals surface area contributed by atoms with E-state index >= 15 is 0 Å². The van der Waals surface area contributed by atoms with Crippen molar-refractivity contribution in [3.8, 4) is 11.5 Å². The van der Waals surface area contributed by atoms with Crippen LogP contribution in [0.2, 0.25) is 0 Å². The van der Waals surface area contributed by atoms with Gasteiger partial charge in [0.1, 0.15) is 12.2 Å². The summed E-state index contributed by atoms with van der Waals surface area (Å²) < 4.78 is 0. The molecule has 6 atom stereocenters. The molecule has 0 amide bonds. The Hall–Kier alpha value is -2.36. The van der Waals surface area contributed by atoms with Gasteiger partial charge in [-0.25, -0.2) is 0 Å². The SMILES string of the molecule is [O-]c1ccccc1/C=N/O[C@H]1C[C@@H]2CC[C@H]1C2.[O-]c1ccccc1/C=N/O[C@H]1C[C@@H]2CC[C@H]1C2.[Pd+2]. The molecule has 0 saturated heterocycles. The van der Waals surface area contributed by atoms with Crippen molar-refractivity contribution >= 4 is 12.4 Å². The van der Waals surface area contributed by atoms with E-state index in [1.54, 1.807) is 36.4 Å². The molecule has 35 heavy (non-hydrogen) atoms. The van der Waals surface area contributed by atoms with Gasteiger partial charge in [-0.3, -0.25) is 0 Å². The van der Waals surface area contributed by atoms with Gasteiger partial charge >= 0.3 is 20.4 Å². The molecular weight excluding hydrogens is 535 g/mol.